The van der Waals surface area contributed by atoms with Gasteiger partial charge in [0.25, 0.3) is 0 Å². The van der Waals surface area contributed by atoms with Crippen molar-refractivity contribution in [3.05, 3.63) is 23.8 Å². The number of fused-ring (bicyclic) bond motifs is 1. The van der Waals surface area contributed by atoms with Crippen LogP contribution < -0.4 is 9.99 Å². The van der Waals surface area contributed by atoms with Gasteiger partial charge in [-0.05, 0) is 0 Å². The minimum absolute atomic E-state index is 0.0498. The van der Waals surface area contributed by atoms with E-state index in [9.17, 15) is 5.11 Å². The second-order valence-corrected chi connectivity index (χ2v) is 2.88. The van der Waals surface area contributed by atoms with Crippen molar-refractivity contribution >= 4 is 5.76 Å². The van der Waals surface area contributed by atoms with Crippen LogP contribution in [-0.2, 0) is 7.05 Å². The van der Waals surface area contributed by atoms with E-state index in [1.807, 2.05) is 13.1 Å². The highest BCUT2D eigenvalue weighted by molar-refractivity contribution is 5.61. The van der Waals surface area contributed by atoms with E-state index in [1.165, 1.54) is 0 Å². The van der Waals surface area contributed by atoms with E-state index >= 15 is 0 Å². The van der Waals surface area contributed by atoms with Gasteiger partial charge in [0.2, 0.25) is 5.76 Å². The average molecular weight is 177 g/mol. The summed E-state index contributed by atoms with van der Waals surface area (Å²) < 4.78 is 3.44. The van der Waals surface area contributed by atoms with Crippen molar-refractivity contribution in [2.24, 2.45) is 7.05 Å². The lowest BCUT2D eigenvalue weighted by Gasteiger charge is -2.10. The maximum Gasteiger partial charge on any atom is 0.348 e. The summed E-state index contributed by atoms with van der Waals surface area (Å²) in [5.74, 6) is 0.650. The van der Waals surface area contributed by atoms with Crippen LogP contribution in [0.4, 0.5) is 0 Å². The van der Waals surface area contributed by atoms with Crippen molar-refractivity contribution in [1.82, 2.24) is 4.68 Å². The van der Waals surface area contributed by atoms with Gasteiger partial charge in [0.1, 0.15) is 17.8 Å². The molecule has 0 radical (unpaired) electrons. The van der Waals surface area contributed by atoms with Crippen molar-refractivity contribution in [2.75, 3.05) is 12.0 Å². The zero-order valence-electron chi connectivity index (χ0n) is 7.15. The van der Waals surface area contributed by atoms with Gasteiger partial charge in [-0.15, -0.1) is 4.68 Å². The Hall–Kier alpha value is -1.96. The fourth-order valence-electron chi connectivity index (χ4n) is 1.36. The molecule has 1 aliphatic heterocycles. The second-order valence-electron chi connectivity index (χ2n) is 2.88. The van der Waals surface area contributed by atoms with Crippen LogP contribution in [0.5, 0.6) is 0 Å². The Balaban J connectivity index is 2.64. The number of rotatable bonds is 0. The summed E-state index contributed by atoms with van der Waals surface area (Å²) in [5.41, 5.74) is 3.33. The van der Waals surface area contributed by atoms with Crippen LogP contribution >= 0.6 is 0 Å². The van der Waals surface area contributed by atoms with Crippen molar-refractivity contribution in [3.63, 3.8) is 0 Å². The van der Waals surface area contributed by atoms with E-state index in [2.05, 4.69) is 5.43 Å². The Morgan fingerprint density at radius 3 is 3.23 bits per heavy atom. The molecule has 0 aromatic carbocycles. The smallest absolute Gasteiger partial charge is 0.348 e. The Morgan fingerprint density at radius 2 is 2.54 bits per heavy atom. The Labute approximate surface area is 75.1 Å². The highest BCUT2D eigenvalue weighted by Gasteiger charge is 2.27. The minimum Gasteiger partial charge on any atom is -0.500 e. The molecule has 0 saturated heterocycles. The van der Waals surface area contributed by atoms with Gasteiger partial charge in [0, 0.05) is 0 Å². The number of aryl methyl sites for hydroxylation is 1. The van der Waals surface area contributed by atoms with Gasteiger partial charge in [0.15, 0.2) is 6.20 Å². The van der Waals surface area contributed by atoms with Crippen LogP contribution in [-0.4, -0.2) is 16.3 Å². The fourth-order valence-corrected chi connectivity index (χ4v) is 1.36. The third-order valence-electron chi connectivity index (χ3n) is 2.06. The van der Waals surface area contributed by atoms with Crippen molar-refractivity contribution < 1.29 is 9.67 Å². The monoisotopic (exact) mass is 177 g/mol. The highest BCUT2D eigenvalue weighted by Crippen LogP contribution is 2.15. The number of imidazole rings is 1. The number of aliphatic hydroxyl groups excluding tert-OH is 1. The van der Waals surface area contributed by atoms with Gasteiger partial charge in [-0.1, -0.05) is 0 Å². The maximum absolute atomic E-state index is 9.67. The third kappa shape index (κ3) is 0.957. The van der Waals surface area contributed by atoms with Gasteiger partial charge in [-0.25, -0.2) is 4.57 Å². The summed E-state index contributed by atoms with van der Waals surface area (Å²) in [7, 11) is 1.81. The average Bonchev–Trinajstić information content (AvgIpc) is 2.49. The predicted molar refractivity (Wildman–Crippen MR) is 45.0 cm³/mol. The molecule has 66 valence electrons. The maximum atomic E-state index is 9.67. The molecule has 0 spiro atoms. The molecule has 1 aromatic heterocycles. The molecular formula is C8H9N4O+. The lowest BCUT2D eigenvalue weighted by molar-refractivity contribution is -0.674. The molecule has 2 N–H and O–H groups in total. The van der Waals surface area contributed by atoms with Gasteiger partial charge >= 0.3 is 5.82 Å². The molecule has 2 rings (SSSR count). The molecule has 2 heterocycles. The zero-order valence-corrected chi connectivity index (χ0v) is 7.15. The quantitative estimate of drug-likeness (QED) is 0.533. The molecule has 1 aliphatic rings. The van der Waals surface area contributed by atoms with Gasteiger partial charge < -0.3 is 5.11 Å². The molecule has 0 amide bonds. The first-order valence-electron chi connectivity index (χ1n) is 3.87. The molecule has 0 bridgehead atoms. The number of nitrogens with one attached hydrogen (secondary N) is 1. The second kappa shape index (κ2) is 2.52. The Kier molecular flexibility index (Phi) is 1.49. The predicted octanol–water partition coefficient (Wildman–Crippen LogP) is -0.338. The Morgan fingerprint density at radius 1 is 1.77 bits per heavy atom. The van der Waals surface area contributed by atoms with Crippen LogP contribution in [0, 0.1) is 11.3 Å². The number of nitriles is 1. The molecule has 0 saturated carbocycles. The minimum atomic E-state index is 0.0498. The topological polar surface area (TPSA) is 64.9 Å². The first-order chi connectivity index (χ1) is 6.24. The van der Waals surface area contributed by atoms with Crippen LogP contribution in [0.25, 0.3) is 5.76 Å². The van der Waals surface area contributed by atoms with E-state index in [0.717, 1.165) is 0 Å². The summed E-state index contributed by atoms with van der Waals surface area (Å²) in [4.78, 5) is 0. The fraction of sp³-hybridized carbons (Fsp3) is 0.250. The van der Waals surface area contributed by atoms with Crippen LogP contribution in [0.2, 0.25) is 0 Å². The van der Waals surface area contributed by atoms with Gasteiger partial charge in [0.05, 0.1) is 13.6 Å². The lowest BCUT2D eigenvalue weighted by Crippen LogP contribution is -2.36. The summed E-state index contributed by atoms with van der Waals surface area (Å²) in [6, 6.07) is 1.95. The van der Waals surface area contributed by atoms with E-state index in [1.54, 1.807) is 21.6 Å². The first-order valence-corrected chi connectivity index (χ1v) is 3.87. The van der Waals surface area contributed by atoms with Crippen molar-refractivity contribution in [3.8, 4) is 6.07 Å². The number of nitrogens with zero attached hydrogens (tertiary/aromatic N) is 3. The molecule has 0 fully saturated rings. The molecule has 13 heavy (non-hydrogen) atoms. The van der Waals surface area contributed by atoms with Gasteiger partial charge in [-0.3, -0.25) is 5.43 Å². The SMILES string of the molecule is C[n+]1ccn2c1C(O)=C(C#N)CN2. The van der Waals surface area contributed by atoms with E-state index in [-0.39, 0.29) is 5.76 Å². The summed E-state index contributed by atoms with van der Waals surface area (Å²) >= 11 is 0. The standard InChI is InChI=1S/C8H8N4O/c1-11-2-3-12-8(11)7(13)6(4-9)5-10-12/h2-3,10H,5H2,1H3/p+1. The molecule has 1 aromatic rings. The molecule has 0 aliphatic carbocycles. The van der Waals surface area contributed by atoms with Crippen molar-refractivity contribution in [1.29, 1.82) is 5.26 Å². The lowest BCUT2D eigenvalue weighted by atomic mass is 10.2. The largest absolute Gasteiger partial charge is 0.500 e. The molecule has 5 nitrogen and oxygen atoms in total. The van der Waals surface area contributed by atoms with E-state index < -0.39 is 0 Å². The van der Waals surface area contributed by atoms with Gasteiger partial charge in [-0.2, -0.15) is 5.26 Å². The van der Waals surface area contributed by atoms with Crippen LogP contribution in [0.1, 0.15) is 5.82 Å². The van der Waals surface area contributed by atoms with Crippen LogP contribution in [0.3, 0.4) is 0 Å². The number of hydrogen-bond acceptors (Lipinski definition) is 3. The number of aromatic nitrogens is 2. The number of hydrogen-bond donors (Lipinski definition) is 2. The normalized spacial score (nSPS) is 14.8. The first kappa shape index (κ1) is 7.68. The van der Waals surface area contributed by atoms with Crippen molar-refractivity contribution in [2.45, 2.75) is 0 Å². The van der Waals surface area contributed by atoms with Crippen LogP contribution in [0.15, 0.2) is 18.0 Å². The molecule has 5 heteroatoms. The zero-order chi connectivity index (χ0) is 9.42. The third-order valence-corrected chi connectivity index (χ3v) is 2.06. The summed E-state index contributed by atoms with van der Waals surface area (Å²) in [6.07, 6.45) is 3.60. The number of aliphatic hydroxyl groups is 1. The Bertz CT molecular complexity index is 424. The summed E-state index contributed by atoms with van der Waals surface area (Å²) in [5, 5.41) is 18.4. The molecular weight excluding hydrogens is 168 g/mol. The highest BCUT2D eigenvalue weighted by atomic mass is 16.3. The van der Waals surface area contributed by atoms with E-state index in [0.29, 0.717) is 17.9 Å². The molecule has 0 atom stereocenters. The summed E-state index contributed by atoms with van der Waals surface area (Å²) in [6.45, 7) is 0.365. The molecule has 0 unspecified atom stereocenters. The van der Waals surface area contributed by atoms with E-state index in [4.69, 9.17) is 5.26 Å².